The number of aromatic hydroxyl groups is 1. The molecule has 1 aliphatic rings. The van der Waals surface area contributed by atoms with Crippen LogP contribution in [-0.2, 0) is 4.79 Å². The summed E-state index contributed by atoms with van der Waals surface area (Å²) >= 11 is 6.60. The fourth-order valence-corrected chi connectivity index (χ4v) is 4.15. The van der Waals surface area contributed by atoms with Gasteiger partial charge >= 0.3 is 0 Å². The van der Waals surface area contributed by atoms with Crippen LogP contribution in [0.5, 0.6) is 11.6 Å². The lowest BCUT2D eigenvalue weighted by Crippen LogP contribution is -2.22. The Labute approximate surface area is 151 Å². The maximum Gasteiger partial charge on any atom is 0.279 e. The highest BCUT2D eigenvalue weighted by Gasteiger charge is 2.25. The third-order valence-corrected chi connectivity index (χ3v) is 5.33. The molecular formula is C18H12N2O3S2. The number of carbonyl (C=O) groups is 1. The van der Waals surface area contributed by atoms with Crippen LogP contribution in [0.2, 0.25) is 0 Å². The maximum absolute atomic E-state index is 12.4. The molecule has 2 aromatic carbocycles. The van der Waals surface area contributed by atoms with Crippen LogP contribution in [0.3, 0.4) is 0 Å². The van der Waals surface area contributed by atoms with Crippen LogP contribution in [-0.4, -0.2) is 22.7 Å². The molecule has 124 valence electrons. The molecule has 0 unspecified atom stereocenters. The van der Waals surface area contributed by atoms with Gasteiger partial charge in [-0.2, -0.15) is 0 Å². The third kappa shape index (κ3) is 2.48. The highest BCUT2D eigenvalue weighted by atomic mass is 32.1. The number of hydrogen-bond donors (Lipinski definition) is 1. The molecular weight excluding hydrogens is 356 g/mol. The molecule has 0 radical (unpaired) electrons. The lowest BCUT2D eigenvalue weighted by atomic mass is 10.1. The molecule has 1 aromatic heterocycles. The van der Waals surface area contributed by atoms with E-state index in [1.807, 2.05) is 18.2 Å². The summed E-state index contributed by atoms with van der Waals surface area (Å²) in [4.78, 5) is 16.8. The van der Waals surface area contributed by atoms with Gasteiger partial charge in [0.1, 0.15) is 10.6 Å². The average Bonchev–Trinajstić information content (AvgIpc) is 3.10. The van der Waals surface area contributed by atoms with Crippen LogP contribution in [0.25, 0.3) is 11.3 Å². The molecule has 2 heterocycles. The zero-order valence-electron chi connectivity index (χ0n) is 13.1. The van der Waals surface area contributed by atoms with Crippen LogP contribution in [0.4, 0.5) is 0 Å². The number of fused-ring (bicyclic) bond motifs is 1. The molecule has 0 saturated carbocycles. The minimum Gasteiger partial charge on any atom is -0.497 e. The number of nitrogens with zero attached hydrogens (tertiary/aromatic N) is 2. The second-order valence-electron chi connectivity index (χ2n) is 5.36. The number of carbonyl (C=O) groups excluding carboxylic acids is 1. The van der Waals surface area contributed by atoms with E-state index in [0.717, 1.165) is 0 Å². The highest BCUT2D eigenvalue weighted by Crippen LogP contribution is 2.35. The third-order valence-electron chi connectivity index (χ3n) is 3.95. The summed E-state index contributed by atoms with van der Waals surface area (Å²) in [5.41, 5.74) is 1.08. The second-order valence-corrected chi connectivity index (χ2v) is 7.01. The van der Waals surface area contributed by atoms with E-state index in [1.165, 1.54) is 15.9 Å². The molecule has 1 N–H and O–H groups in total. The van der Waals surface area contributed by atoms with Gasteiger partial charge in [-0.15, -0.1) is 11.3 Å². The van der Waals surface area contributed by atoms with Gasteiger partial charge in [0.05, 0.1) is 23.7 Å². The first kappa shape index (κ1) is 15.7. The number of amides is 1. The fourth-order valence-electron chi connectivity index (χ4n) is 2.77. The van der Waals surface area contributed by atoms with Crippen molar-refractivity contribution in [3.05, 3.63) is 67.9 Å². The zero-order chi connectivity index (χ0) is 17.6. The smallest absolute Gasteiger partial charge is 0.279 e. The first-order valence-corrected chi connectivity index (χ1v) is 8.64. The second kappa shape index (κ2) is 5.94. The van der Waals surface area contributed by atoms with Crippen molar-refractivity contribution in [1.29, 1.82) is 0 Å². The summed E-state index contributed by atoms with van der Waals surface area (Å²) in [5, 5.41) is 12.1. The van der Waals surface area contributed by atoms with Crippen molar-refractivity contribution in [2.75, 3.05) is 7.11 Å². The number of hydrogen-bond acceptors (Lipinski definition) is 5. The molecule has 0 aliphatic carbocycles. The standard InChI is InChI=1S/C18H12N2O3S2/c1-23-11-8-6-10(7-9-11)20-17(22)15(25-18(20)24)14-12-4-2-3-5-13(12)19-16(14)21/h2-9,22H,1H3. The molecule has 0 fully saturated rings. The Morgan fingerprint density at radius 2 is 1.88 bits per heavy atom. The summed E-state index contributed by atoms with van der Waals surface area (Å²) in [6.07, 6.45) is 0. The van der Waals surface area contributed by atoms with Crippen molar-refractivity contribution < 1.29 is 14.6 Å². The molecule has 4 rings (SSSR count). The van der Waals surface area contributed by atoms with E-state index in [2.05, 4.69) is 4.99 Å². The van der Waals surface area contributed by atoms with Gasteiger partial charge in [0.25, 0.3) is 5.91 Å². The van der Waals surface area contributed by atoms with Gasteiger partial charge in [-0.25, -0.2) is 4.99 Å². The SMILES string of the molecule is COc1ccc(-n2c(O)c(C3=c4ccccc4=NC3=O)sc2=S)cc1. The quantitative estimate of drug-likeness (QED) is 0.721. The maximum atomic E-state index is 12.4. The molecule has 5 nitrogen and oxygen atoms in total. The lowest BCUT2D eigenvalue weighted by molar-refractivity contribution is -0.112. The van der Waals surface area contributed by atoms with E-state index in [4.69, 9.17) is 17.0 Å². The summed E-state index contributed by atoms with van der Waals surface area (Å²) in [6.45, 7) is 0. The summed E-state index contributed by atoms with van der Waals surface area (Å²) in [6, 6.07) is 14.4. The lowest BCUT2D eigenvalue weighted by Gasteiger charge is -2.06. The minimum absolute atomic E-state index is 0.0598. The van der Waals surface area contributed by atoms with E-state index >= 15 is 0 Å². The van der Waals surface area contributed by atoms with Crippen LogP contribution in [0.1, 0.15) is 4.88 Å². The van der Waals surface area contributed by atoms with Gasteiger partial charge in [0.2, 0.25) is 5.88 Å². The Hall–Kier alpha value is -2.77. The molecule has 1 aliphatic heterocycles. The van der Waals surface area contributed by atoms with Crippen molar-refractivity contribution >= 4 is 35.0 Å². The molecule has 0 saturated heterocycles. The molecule has 25 heavy (non-hydrogen) atoms. The Balaban J connectivity index is 1.94. The molecule has 7 heteroatoms. The van der Waals surface area contributed by atoms with Crippen LogP contribution in [0, 0.1) is 3.95 Å². The van der Waals surface area contributed by atoms with E-state index in [0.29, 0.717) is 36.4 Å². The van der Waals surface area contributed by atoms with Crippen molar-refractivity contribution in [3.8, 4) is 17.3 Å². The fraction of sp³-hybridized carbons (Fsp3) is 0.0556. The van der Waals surface area contributed by atoms with Crippen molar-refractivity contribution in [3.63, 3.8) is 0 Å². The number of methoxy groups -OCH3 is 1. The summed E-state index contributed by atoms with van der Waals surface area (Å²) in [7, 11) is 1.59. The number of ether oxygens (including phenoxy) is 1. The van der Waals surface area contributed by atoms with Crippen molar-refractivity contribution in [2.45, 2.75) is 0 Å². The first-order chi connectivity index (χ1) is 12.1. The molecule has 0 bridgehead atoms. The largest absolute Gasteiger partial charge is 0.497 e. The minimum atomic E-state index is -0.366. The Bertz CT molecular complexity index is 1170. The van der Waals surface area contributed by atoms with E-state index in [1.54, 1.807) is 37.4 Å². The van der Waals surface area contributed by atoms with E-state index < -0.39 is 0 Å². The van der Waals surface area contributed by atoms with E-state index in [-0.39, 0.29) is 11.8 Å². The Morgan fingerprint density at radius 3 is 2.60 bits per heavy atom. The first-order valence-electron chi connectivity index (χ1n) is 7.42. The summed E-state index contributed by atoms with van der Waals surface area (Å²) in [5.74, 6) is 0.281. The highest BCUT2D eigenvalue weighted by molar-refractivity contribution is 7.73. The van der Waals surface area contributed by atoms with Gasteiger partial charge < -0.3 is 9.84 Å². The normalized spacial score (nSPS) is 12.8. The molecule has 0 atom stereocenters. The number of benzene rings is 2. The van der Waals surface area contributed by atoms with Gasteiger partial charge in [-0.1, -0.05) is 18.2 Å². The Morgan fingerprint density at radius 1 is 1.16 bits per heavy atom. The van der Waals surface area contributed by atoms with Gasteiger partial charge in [-0.05, 0) is 42.5 Å². The number of para-hydroxylation sites is 1. The summed E-state index contributed by atoms with van der Waals surface area (Å²) < 4.78 is 7.13. The average molecular weight is 368 g/mol. The predicted molar refractivity (Wildman–Crippen MR) is 97.4 cm³/mol. The number of aromatic nitrogens is 1. The van der Waals surface area contributed by atoms with Gasteiger partial charge in [0.15, 0.2) is 3.95 Å². The zero-order valence-corrected chi connectivity index (χ0v) is 14.7. The molecule has 1 amide bonds. The van der Waals surface area contributed by atoms with Crippen LogP contribution in [0.15, 0.2) is 53.5 Å². The molecule has 0 spiro atoms. The topological polar surface area (TPSA) is 63.8 Å². The van der Waals surface area contributed by atoms with E-state index in [9.17, 15) is 9.90 Å². The number of thiazole rings is 1. The van der Waals surface area contributed by atoms with Crippen molar-refractivity contribution in [2.24, 2.45) is 4.99 Å². The molecule has 3 aromatic rings. The van der Waals surface area contributed by atoms with Gasteiger partial charge in [-0.3, -0.25) is 9.36 Å². The van der Waals surface area contributed by atoms with Crippen molar-refractivity contribution in [1.82, 2.24) is 4.57 Å². The van der Waals surface area contributed by atoms with Crippen LogP contribution >= 0.6 is 23.6 Å². The Kier molecular flexibility index (Phi) is 3.74. The van der Waals surface area contributed by atoms with Gasteiger partial charge in [0, 0.05) is 5.22 Å². The number of rotatable bonds is 3. The van der Waals surface area contributed by atoms with Crippen LogP contribution < -0.4 is 15.3 Å². The monoisotopic (exact) mass is 368 g/mol. The predicted octanol–water partition coefficient (Wildman–Crippen LogP) is 2.34.